The van der Waals surface area contributed by atoms with E-state index >= 15 is 0 Å². The number of aromatic carboxylic acids is 1. The number of nitrogens with one attached hydrogen (secondary N) is 1. The SMILES string of the molecule is O=C(C=Cc1ccc(Br)s1)Nc1ccc(Br)cc1C(=O)O. The lowest BCUT2D eigenvalue weighted by molar-refractivity contribution is -0.111. The van der Waals surface area contributed by atoms with Gasteiger partial charge in [0.15, 0.2) is 0 Å². The van der Waals surface area contributed by atoms with E-state index in [1.54, 1.807) is 18.2 Å². The molecule has 2 rings (SSSR count). The summed E-state index contributed by atoms with van der Waals surface area (Å²) in [6.45, 7) is 0. The van der Waals surface area contributed by atoms with Gasteiger partial charge >= 0.3 is 5.97 Å². The molecule has 2 aromatic rings. The van der Waals surface area contributed by atoms with Gasteiger partial charge in [0.05, 0.1) is 15.0 Å². The molecule has 2 N–H and O–H groups in total. The van der Waals surface area contributed by atoms with Crippen molar-refractivity contribution >= 4 is 66.8 Å². The molecule has 21 heavy (non-hydrogen) atoms. The zero-order valence-electron chi connectivity index (χ0n) is 10.5. The fourth-order valence-corrected chi connectivity index (χ4v) is 3.24. The Bertz CT molecular complexity index is 725. The molecular formula is C14H9Br2NO3S. The minimum atomic E-state index is -1.10. The molecule has 0 fully saturated rings. The molecule has 1 amide bonds. The number of hydrogen-bond acceptors (Lipinski definition) is 3. The first-order valence-corrected chi connectivity index (χ1v) is 8.13. The number of carboxylic acids is 1. The van der Waals surface area contributed by atoms with Crippen molar-refractivity contribution in [1.29, 1.82) is 0 Å². The van der Waals surface area contributed by atoms with Crippen molar-refractivity contribution in [3.63, 3.8) is 0 Å². The smallest absolute Gasteiger partial charge is 0.337 e. The Kier molecular flexibility index (Phi) is 5.33. The van der Waals surface area contributed by atoms with Crippen LogP contribution in [0.3, 0.4) is 0 Å². The van der Waals surface area contributed by atoms with E-state index in [0.717, 1.165) is 8.66 Å². The molecule has 0 aliphatic heterocycles. The van der Waals surface area contributed by atoms with E-state index in [-0.39, 0.29) is 17.2 Å². The molecule has 4 nitrogen and oxygen atoms in total. The molecule has 0 bridgehead atoms. The maximum atomic E-state index is 11.8. The van der Waals surface area contributed by atoms with Crippen LogP contribution in [0.25, 0.3) is 6.08 Å². The molecular weight excluding hydrogens is 422 g/mol. The number of rotatable bonds is 4. The van der Waals surface area contributed by atoms with Gasteiger partial charge in [-0.3, -0.25) is 4.79 Å². The van der Waals surface area contributed by atoms with Crippen LogP contribution in [0.5, 0.6) is 0 Å². The summed E-state index contributed by atoms with van der Waals surface area (Å²) in [4.78, 5) is 23.9. The van der Waals surface area contributed by atoms with Gasteiger partial charge < -0.3 is 10.4 Å². The molecule has 0 atom stereocenters. The number of halogens is 2. The van der Waals surface area contributed by atoms with Crippen molar-refractivity contribution < 1.29 is 14.7 Å². The molecule has 1 heterocycles. The van der Waals surface area contributed by atoms with E-state index in [9.17, 15) is 9.59 Å². The third kappa shape index (κ3) is 4.52. The van der Waals surface area contributed by atoms with E-state index < -0.39 is 5.97 Å². The van der Waals surface area contributed by atoms with Gasteiger partial charge in [-0.15, -0.1) is 11.3 Å². The van der Waals surface area contributed by atoms with Gasteiger partial charge in [-0.05, 0) is 52.3 Å². The van der Waals surface area contributed by atoms with E-state index in [1.807, 2.05) is 12.1 Å². The number of hydrogen-bond donors (Lipinski definition) is 2. The molecule has 7 heteroatoms. The third-order valence-corrected chi connectivity index (χ3v) is 4.55. The molecule has 108 valence electrons. The highest BCUT2D eigenvalue weighted by Gasteiger charge is 2.11. The van der Waals surface area contributed by atoms with Gasteiger partial charge in [-0.1, -0.05) is 15.9 Å². The topological polar surface area (TPSA) is 66.4 Å². The van der Waals surface area contributed by atoms with Crippen LogP contribution in [0.4, 0.5) is 5.69 Å². The number of thiophene rings is 1. The van der Waals surface area contributed by atoms with Crippen LogP contribution in [0.15, 0.2) is 44.7 Å². The Morgan fingerprint density at radius 1 is 1.19 bits per heavy atom. The number of carbonyl (C=O) groups excluding carboxylic acids is 1. The monoisotopic (exact) mass is 429 g/mol. The Morgan fingerprint density at radius 3 is 2.57 bits per heavy atom. The predicted molar refractivity (Wildman–Crippen MR) is 90.8 cm³/mol. The average molecular weight is 431 g/mol. The van der Waals surface area contributed by atoms with Crippen molar-refractivity contribution in [3.8, 4) is 0 Å². The van der Waals surface area contributed by atoms with Gasteiger partial charge in [0, 0.05) is 15.4 Å². The summed E-state index contributed by atoms with van der Waals surface area (Å²) < 4.78 is 1.61. The standard InChI is InChI=1S/C14H9Br2NO3S/c15-8-1-4-11(10(7-8)14(19)20)17-13(18)6-3-9-2-5-12(16)21-9/h1-7H,(H,17,18)(H,19,20). The first-order chi connectivity index (χ1) is 9.95. The third-order valence-electron chi connectivity index (χ3n) is 2.46. The first kappa shape index (κ1) is 15.9. The van der Waals surface area contributed by atoms with Gasteiger partial charge in [-0.25, -0.2) is 4.79 Å². The second-order valence-corrected chi connectivity index (χ2v) is 7.37. The summed E-state index contributed by atoms with van der Waals surface area (Å²) in [6, 6.07) is 8.42. The molecule has 1 aromatic carbocycles. The lowest BCUT2D eigenvalue weighted by Gasteiger charge is -2.06. The highest BCUT2D eigenvalue weighted by molar-refractivity contribution is 9.11. The lowest BCUT2D eigenvalue weighted by atomic mass is 10.2. The average Bonchev–Trinajstić information content (AvgIpc) is 2.84. The van der Waals surface area contributed by atoms with Crippen molar-refractivity contribution in [2.24, 2.45) is 0 Å². The molecule has 0 radical (unpaired) electrons. The largest absolute Gasteiger partial charge is 0.478 e. The number of amides is 1. The maximum Gasteiger partial charge on any atom is 0.337 e. The van der Waals surface area contributed by atoms with Crippen LogP contribution in [-0.2, 0) is 4.79 Å². The zero-order chi connectivity index (χ0) is 15.4. The summed E-state index contributed by atoms with van der Waals surface area (Å²) in [6.07, 6.45) is 3.04. The summed E-state index contributed by atoms with van der Waals surface area (Å²) in [5.41, 5.74) is 0.290. The summed E-state index contributed by atoms with van der Waals surface area (Å²) in [7, 11) is 0. The van der Waals surface area contributed by atoms with Gasteiger partial charge in [0.1, 0.15) is 0 Å². The Labute approximate surface area is 141 Å². The highest BCUT2D eigenvalue weighted by Crippen LogP contribution is 2.23. The molecule has 0 aliphatic carbocycles. The van der Waals surface area contributed by atoms with E-state index in [1.165, 1.54) is 23.5 Å². The quantitative estimate of drug-likeness (QED) is 0.695. The van der Waals surface area contributed by atoms with Crippen molar-refractivity contribution in [2.45, 2.75) is 0 Å². The number of benzene rings is 1. The summed E-state index contributed by atoms with van der Waals surface area (Å²) in [5, 5.41) is 11.7. The Morgan fingerprint density at radius 2 is 1.95 bits per heavy atom. The molecule has 0 saturated heterocycles. The fourth-order valence-electron chi connectivity index (χ4n) is 1.55. The number of carbonyl (C=O) groups is 2. The van der Waals surface area contributed by atoms with Crippen molar-refractivity contribution in [1.82, 2.24) is 0 Å². The zero-order valence-corrected chi connectivity index (χ0v) is 14.5. The number of carboxylic acid groups (broad SMARTS) is 1. The highest BCUT2D eigenvalue weighted by atomic mass is 79.9. The van der Waals surface area contributed by atoms with E-state index in [2.05, 4.69) is 37.2 Å². The summed E-state index contributed by atoms with van der Waals surface area (Å²) in [5.74, 6) is -1.48. The maximum absolute atomic E-state index is 11.8. The van der Waals surface area contributed by atoms with Crippen molar-refractivity contribution in [3.05, 3.63) is 55.1 Å². The number of anilines is 1. The minimum Gasteiger partial charge on any atom is -0.478 e. The van der Waals surface area contributed by atoms with E-state index in [0.29, 0.717) is 4.47 Å². The molecule has 0 aliphatic rings. The van der Waals surface area contributed by atoms with Crippen molar-refractivity contribution in [2.75, 3.05) is 5.32 Å². The Balaban J connectivity index is 2.13. The van der Waals surface area contributed by atoms with Crippen LogP contribution < -0.4 is 5.32 Å². The lowest BCUT2D eigenvalue weighted by Crippen LogP contribution is -2.11. The fraction of sp³-hybridized carbons (Fsp3) is 0. The summed E-state index contributed by atoms with van der Waals surface area (Å²) >= 11 is 8.04. The molecule has 0 spiro atoms. The molecule has 0 saturated carbocycles. The predicted octanol–water partition coefficient (Wildman–Crippen LogP) is 4.62. The first-order valence-electron chi connectivity index (χ1n) is 5.73. The minimum absolute atomic E-state index is 0.0324. The van der Waals surface area contributed by atoms with Crippen LogP contribution >= 0.6 is 43.2 Å². The second kappa shape index (κ2) is 7.02. The van der Waals surface area contributed by atoms with Crippen LogP contribution in [0.1, 0.15) is 15.2 Å². The molecule has 1 aromatic heterocycles. The second-order valence-electron chi connectivity index (χ2n) is 3.96. The van der Waals surface area contributed by atoms with Crippen LogP contribution in [0, 0.1) is 0 Å². The van der Waals surface area contributed by atoms with Gasteiger partial charge in [0.25, 0.3) is 0 Å². The molecule has 0 unspecified atom stereocenters. The van der Waals surface area contributed by atoms with Gasteiger partial charge in [0.2, 0.25) is 5.91 Å². The van der Waals surface area contributed by atoms with Crippen LogP contribution in [-0.4, -0.2) is 17.0 Å². The van der Waals surface area contributed by atoms with Gasteiger partial charge in [-0.2, -0.15) is 0 Å². The van der Waals surface area contributed by atoms with Crippen LogP contribution in [0.2, 0.25) is 0 Å². The van der Waals surface area contributed by atoms with E-state index in [4.69, 9.17) is 5.11 Å². The Hall–Kier alpha value is -1.44. The normalized spacial score (nSPS) is 10.8.